The number of benzene rings is 1. The van der Waals surface area contributed by atoms with Gasteiger partial charge in [0.25, 0.3) is 11.8 Å². The molecule has 4 bridgehead atoms. The number of pyridine rings is 2. The van der Waals surface area contributed by atoms with Gasteiger partial charge in [-0.1, -0.05) is 42.5 Å². The van der Waals surface area contributed by atoms with Crippen LogP contribution < -0.4 is 4.90 Å². The number of allylic oxidation sites excluding steroid dienone is 1. The molecule has 2 unspecified atom stereocenters. The highest BCUT2D eigenvalue weighted by Gasteiger charge is 2.61. The molecule has 4 aromatic rings. The molecule has 10 nitrogen and oxygen atoms in total. The maximum Gasteiger partial charge on any atom is 0.426 e. The third-order valence-electron chi connectivity index (χ3n) is 7.82. The maximum absolute atomic E-state index is 15.0. The van der Waals surface area contributed by atoms with Crippen LogP contribution in [0.25, 0.3) is 22.7 Å². The summed E-state index contributed by atoms with van der Waals surface area (Å²) in [6, 6.07) is 13.2. The van der Waals surface area contributed by atoms with E-state index in [1.165, 1.54) is 6.07 Å². The predicted molar refractivity (Wildman–Crippen MR) is 150 cm³/mol. The molecule has 0 saturated carbocycles. The second-order valence-corrected chi connectivity index (χ2v) is 10.5. The van der Waals surface area contributed by atoms with E-state index >= 15 is 0 Å². The lowest BCUT2D eigenvalue weighted by Crippen LogP contribution is -2.45. The molecule has 1 fully saturated rings. The van der Waals surface area contributed by atoms with Gasteiger partial charge in [-0.05, 0) is 55.4 Å². The van der Waals surface area contributed by atoms with Gasteiger partial charge < -0.3 is 14.1 Å². The molecule has 5 heterocycles. The van der Waals surface area contributed by atoms with Crippen LogP contribution in [0.15, 0.2) is 77.5 Å². The minimum Gasteiger partial charge on any atom is -0.415 e. The first-order valence-corrected chi connectivity index (χ1v) is 13.9. The van der Waals surface area contributed by atoms with Gasteiger partial charge >= 0.3 is 11.9 Å². The lowest BCUT2D eigenvalue weighted by molar-refractivity contribution is -0.384. The highest BCUT2D eigenvalue weighted by atomic mass is 19.4. The molecule has 0 spiro atoms. The molecular formula is C30H27F3N6O4. The third kappa shape index (κ3) is 5.47. The lowest BCUT2D eigenvalue weighted by atomic mass is 9.95. The molecule has 3 aromatic heterocycles. The van der Waals surface area contributed by atoms with E-state index in [-0.39, 0.29) is 24.8 Å². The van der Waals surface area contributed by atoms with Crippen LogP contribution >= 0.6 is 0 Å². The monoisotopic (exact) mass is 592 g/mol. The number of hydrogen-bond donors (Lipinski definition) is 0. The van der Waals surface area contributed by atoms with Gasteiger partial charge in [0.1, 0.15) is 5.82 Å². The topological polar surface area (TPSA) is 120 Å². The van der Waals surface area contributed by atoms with Gasteiger partial charge in [0.05, 0.1) is 11.5 Å². The number of aromatic nitrogens is 4. The average molecular weight is 593 g/mol. The van der Waals surface area contributed by atoms with Crippen molar-refractivity contribution in [3.05, 3.63) is 94.6 Å². The molecule has 0 radical (unpaired) electrons. The van der Waals surface area contributed by atoms with E-state index < -0.39 is 40.6 Å². The number of fused-ring (bicyclic) bond motifs is 7. The number of ether oxygens (including phenoxy) is 1. The van der Waals surface area contributed by atoms with E-state index in [0.29, 0.717) is 35.5 Å². The Morgan fingerprint density at radius 1 is 1.12 bits per heavy atom. The molecular weight excluding hydrogens is 565 g/mol. The van der Waals surface area contributed by atoms with E-state index in [1.54, 1.807) is 60.9 Å². The van der Waals surface area contributed by atoms with Crippen LogP contribution in [0.5, 0.6) is 0 Å². The SMILES string of the molecule is O=[N+]([O-])c1cc(-c2ccncc2)c2nc1-c1nnc(o1)C(OCc1ccccc1)(C(F)(F)F)CCC=CCC1CCCN21. The van der Waals surface area contributed by atoms with Crippen LogP contribution in [-0.4, -0.2) is 43.9 Å². The van der Waals surface area contributed by atoms with Gasteiger partial charge in [-0.3, -0.25) is 15.1 Å². The Hall–Kier alpha value is -4.65. The molecule has 0 aliphatic carbocycles. The quantitative estimate of drug-likeness (QED) is 0.140. The fourth-order valence-electron chi connectivity index (χ4n) is 5.62. The number of anilines is 1. The summed E-state index contributed by atoms with van der Waals surface area (Å²) in [7, 11) is 0. The summed E-state index contributed by atoms with van der Waals surface area (Å²) < 4.78 is 56.2. The van der Waals surface area contributed by atoms with Crippen molar-refractivity contribution in [3.63, 3.8) is 0 Å². The molecule has 1 saturated heterocycles. The number of alkyl halides is 3. The molecule has 6 rings (SSSR count). The van der Waals surface area contributed by atoms with Gasteiger partial charge in [0.2, 0.25) is 11.3 Å². The summed E-state index contributed by atoms with van der Waals surface area (Å²) in [5.74, 6) is -0.891. The van der Waals surface area contributed by atoms with Crippen molar-refractivity contribution in [1.82, 2.24) is 20.2 Å². The highest BCUT2D eigenvalue weighted by Crippen LogP contribution is 2.47. The number of nitro groups is 1. The average Bonchev–Trinajstić information content (AvgIpc) is 3.68. The lowest BCUT2D eigenvalue weighted by Gasteiger charge is -2.32. The Morgan fingerprint density at radius 2 is 1.91 bits per heavy atom. The second kappa shape index (κ2) is 11.6. The first-order valence-electron chi connectivity index (χ1n) is 13.9. The minimum absolute atomic E-state index is 0.0125. The van der Waals surface area contributed by atoms with Crippen molar-refractivity contribution in [3.8, 4) is 22.7 Å². The number of hydrogen-bond acceptors (Lipinski definition) is 9. The van der Waals surface area contributed by atoms with Crippen molar-refractivity contribution in [2.24, 2.45) is 0 Å². The van der Waals surface area contributed by atoms with Gasteiger partial charge in [-0.2, -0.15) is 13.2 Å². The number of rotatable bonds is 5. The van der Waals surface area contributed by atoms with Crippen LogP contribution in [0.4, 0.5) is 24.7 Å². The van der Waals surface area contributed by atoms with Gasteiger partial charge in [-0.25, -0.2) is 4.98 Å². The molecule has 2 aliphatic rings. The largest absolute Gasteiger partial charge is 0.426 e. The fourth-order valence-corrected chi connectivity index (χ4v) is 5.62. The summed E-state index contributed by atoms with van der Waals surface area (Å²) in [4.78, 5) is 22.4. The molecule has 0 amide bonds. The Balaban J connectivity index is 1.54. The van der Waals surface area contributed by atoms with E-state index in [9.17, 15) is 23.3 Å². The van der Waals surface area contributed by atoms with E-state index in [4.69, 9.17) is 9.15 Å². The summed E-state index contributed by atoms with van der Waals surface area (Å²) >= 11 is 0. The van der Waals surface area contributed by atoms with Crippen LogP contribution in [0.3, 0.4) is 0 Å². The van der Waals surface area contributed by atoms with E-state index in [1.807, 2.05) is 6.08 Å². The van der Waals surface area contributed by atoms with Crippen LogP contribution in [0.1, 0.15) is 43.6 Å². The van der Waals surface area contributed by atoms with Gasteiger partial charge in [-0.15, -0.1) is 10.2 Å². The Morgan fingerprint density at radius 3 is 2.65 bits per heavy atom. The first kappa shape index (κ1) is 28.5. The van der Waals surface area contributed by atoms with E-state index in [2.05, 4.69) is 25.1 Å². The Kier molecular flexibility index (Phi) is 7.65. The van der Waals surface area contributed by atoms with E-state index in [0.717, 1.165) is 12.8 Å². The van der Waals surface area contributed by atoms with Crippen molar-refractivity contribution >= 4 is 11.5 Å². The summed E-state index contributed by atoms with van der Waals surface area (Å²) in [6.45, 7) is 0.280. The third-order valence-corrected chi connectivity index (χ3v) is 7.82. The fraction of sp³-hybridized carbons (Fsp3) is 0.333. The molecule has 1 aromatic carbocycles. The summed E-state index contributed by atoms with van der Waals surface area (Å²) in [6.07, 6.45) is 3.51. The molecule has 2 atom stereocenters. The van der Waals surface area contributed by atoms with Crippen LogP contribution in [0.2, 0.25) is 0 Å². The van der Waals surface area contributed by atoms with Gasteiger partial charge in [0.15, 0.2) is 0 Å². The molecule has 222 valence electrons. The maximum atomic E-state index is 15.0. The first-order chi connectivity index (χ1) is 20.8. The second-order valence-electron chi connectivity index (χ2n) is 10.5. The van der Waals surface area contributed by atoms with Crippen molar-refractivity contribution in [2.45, 2.75) is 56.5 Å². The molecule has 13 heteroatoms. The zero-order chi connectivity index (χ0) is 30.0. The van der Waals surface area contributed by atoms with Gasteiger partial charge in [0, 0.05) is 36.6 Å². The zero-order valence-corrected chi connectivity index (χ0v) is 22.9. The predicted octanol–water partition coefficient (Wildman–Crippen LogP) is 6.79. The summed E-state index contributed by atoms with van der Waals surface area (Å²) in [5.41, 5.74) is -2.07. The Bertz CT molecular complexity index is 1630. The Labute approximate surface area is 244 Å². The van der Waals surface area contributed by atoms with Crippen molar-refractivity contribution < 1.29 is 27.2 Å². The number of nitrogens with zero attached hydrogens (tertiary/aromatic N) is 6. The highest BCUT2D eigenvalue weighted by molar-refractivity contribution is 5.82. The molecule has 2 aliphatic heterocycles. The minimum atomic E-state index is -4.95. The standard InChI is InChI=1S/C30H27F3N6O4/c31-30(32,33)29(42-19-20-8-3-1-4-9-20)14-6-2-5-10-22-11-7-17-38(22)26-23(21-12-15-34-16-13-21)18-24(39(40)41)25(35-26)27-36-37-28(29)43-27/h1-5,8-9,12-13,15-16,18,22H,6-7,10-11,14,17,19H2. The van der Waals surface area contributed by atoms with Crippen molar-refractivity contribution in [1.29, 1.82) is 0 Å². The smallest absolute Gasteiger partial charge is 0.415 e. The normalized spacial score (nSPS) is 20.4. The van der Waals surface area contributed by atoms with Crippen molar-refractivity contribution in [2.75, 3.05) is 11.4 Å². The zero-order valence-electron chi connectivity index (χ0n) is 22.9. The summed E-state index contributed by atoms with van der Waals surface area (Å²) in [5, 5.41) is 19.9. The molecule has 0 N–H and O–H groups in total. The molecule has 43 heavy (non-hydrogen) atoms. The number of halogens is 3. The van der Waals surface area contributed by atoms with Crippen LogP contribution in [0, 0.1) is 10.1 Å². The van der Waals surface area contributed by atoms with Crippen LogP contribution in [-0.2, 0) is 16.9 Å².